The van der Waals surface area contributed by atoms with Crippen LogP contribution < -0.4 is 10.2 Å². The Morgan fingerprint density at radius 1 is 1.21 bits per heavy atom. The van der Waals surface area contributed by atoms with E-state index in [0.717, 1.165) is 5.69 Å². The number of ether oxygens (including phenoxy) is 1. The average molecular weight is 260 g/mol. The summed E-state index contributed by atoms with van der Waals surface area (Å²) in [6, 6.07) is 7.47. The summed E-state index contributed by atoms with van der Waals surface area (Å²) in [6.45, 7) is 1.75. The number of methoxy groups -OCH3 is 1. The van der Waals surface area contributed by atoms with Gasteiger partial charge in [-0.25, -0.2) is 0 Å². The lowest BCUT2D eigenvalue weighted by Crippen LogP contribution is -2.12. The molecule has 98 valence electrons. The van der Waals surface area contributed by atoms with Gasteiger partial charge in [0, 0.05) is 30.1 Å². The summed E-state index contributed by atoms with van der Waals surface area (Å²) in [5.41, 5.74) is 1.19. The van der Waals surface area contributed by atoms with Gasteiger partial charge in [0.2, 0.25) is 5.43 Å². The smallest absolute Gasteiger partial charge is 0.269 e. The molecule has 0 saturated carbocycles. The zero-order valence-electron chi connectivity index (χ0n) is 10.5. The second-order valence-corrected chi connectivity index (χ2v) is 3.94. The number of nitro benzene ring substituents is 1. The minimum Gasteiger partial charge on any atom is -0.491 e. The lowest BCUT2D eigenvalue weighted by molar-refractivity contribution is -0.384. The molecule has 0 saturated heterocycles. The zero-order valence-corrected chi connectivity index (χ0v) is 10.5. The second-order valence-electron chi connectivity index (χ2n) is 3.94. The first kappa shape index (κ1) is 12.8. The van der Waals surface area contributed by atoms with Crippen LogP contribution in [0.15, 0.2) is 41.3 Å². The van der Waals surface area contributed by atoms with E-state index in [0.29, 0.717) is 5.69 Å². The highest BCUT2D eigenvalue weighted by Crippen LogP contribution is 2.19. The van der Waals surface area contributed by atoms with E-state index < -0.39 is 4.92 Å². The fourth-order valence-electron chi connectivity index (χ4n) is 1.88. The number of aromatic nitrogens is 1. The molecule has 2 aromatic rings. The molecule has 19 heavy (non-hydrogen) atoms. The van der Waals surface area contributed by atoms with Crippen LogP contribution in [0.5, 0.6) is 5.75 Å². The Morgan fingerprint density at radius 3 is 2.37 bits per heavy atom. The van der Waals surface area contributed by atoms with Gasteiger partial charge in [-0.15, -0.1) is 0 Å². The Bertz CT molecular complexity index is 674. The van der Waals surface area contributed by atoms with Crippen LogP contribution in [-0.2, 0) is 0 Å². The highest BCUT2D eigenvalue weighted by atomic mass is 16.6. The Labute approximate surface area is 109 Å². The fraction of sp³-hybridized carbons (Fsp3) is 0.154. The van der Waals surface area contributed by atoms with Gasteiger partial charge in [0.25, 0.3) is 5.69 Å². The van der Waals surface area contributed by atoms with Gasteiger partial charge in [-0.1, -0.05) is 0 Å². The third-order valence-corrected chi connectivity index (χ3v) is 2.83. The average Bonchev–Trinajstić information content (AvgIpc) is 2.39. The molecular weight excluding hydrogens is 248 g/mol. The van der Waals surface area contributed by atoms with Crippen molar-refractivity contribution in [3.05, 3.63) is 62.6 Å². The Balaban J connectivity index is 2.53. The molecule has 1 aromatic heterocycles. The van der Waals surface area contributed by atoms with E-state index in [1.165, 1.54) is 25.3 Å². The molecule has 0 unspecified atom stereocenters. The summed E-state index contributed by atoms with van der Waals surface area (Å²) in [5.74, 6) is 0.265. The summed E-state index contributed by atoms with van der Waals surface area (Å²) in [5, 5.41) is 10.6. The van der Waals surface area contributed by atoms with Crippen LogP contribution in [0.2, 0.25) is 0 Å². The lowest BCUT2D eigenvalue weighted by atomic mass is 10.2. The Morgan fingerprint density at radius 2 is 1.84 bits per heavy atom. The van der Waals surface area contributed by atoms with E-state index in [4.69, 9.17) is 4.74 Å². The highest BCUT2D eigenvalue weighted by Gasteiger charge is 2.10. The van der Waals surface area contributed by atoms with Crippen molar-refractivity contribution in [2.75, 3.05) is 7.11 Å². The molecule has 0 aliphatic heterocycles. The molecule has 1 heterocycles. The molecule has 0 bridgehead atoms. The molecule has 0 radical (unpaired) electrons. The first-order chi connectivity index (χ1) is 9.04. The number of benzene rings is 1. The molecule has 6 nitrogen and oxygen atoms in total. The third kappa shape index (κ3) is 2.33. The monoisotopic (exact) mass is 260 g/mol. The number of hydrogen-bond donors (Lipinski definition) is 0. The lowest BCUT2D eigenvalue weighted by Gasteiger charge is -2.13. The van der Waals surface area contributed by atoms with Gasteiger partial charge in [-0.3, -0.25) is 14.9 Å². The van der Waals surface area contributed by atoms with Gasteiger partial charge in [0.05, 0.1) is 17.7 Å². The van der Waals surface area contributed by atoms with E-state index in [9.17, 15) is 14.9 Å². The summed E-state index contributed by atoms with van der Waals surface area (Å²) in [4.78, 5) is 21.7. The summed E-state index contributed by atoms with van der Waals surface area (Å²) >= 11 is 0. The van der Waals surface area contributed by atoms with Crippen LogP contribution in [0.25, 0.3) is 5.69 Å². The Hall–Kier alpha value is -2.63. The number of pyridine rings is 1. The topological polar surface area (TPSA) is 74.4 Å². The molecule has 0 atom stereocenters. The van der Waals surface area contributed by atoms with E-state index >= 15 is 0 Å². The predicted molar refractivity (Wildman–Crippen MR) is 70.0 cm³/mol. The summed E-state index contributed by atoms with van der Waals surface area (Å²) < 4.78 is 6.80. The van der Waals surface area contributed by atoms with Gasteiger partial charge in [0.15, 0.2) is 5.75 Å². The van der Waals surface area contributed by atoms with Crippen molar-refractivity contribution in [3.63, 3.8) is 0 Å². The maximum Gasteiger partial charge on any atom is 0.269 e. The molecule has 0 amide bonds. The predicted octanol–water partition coefficient (Wildman–Crippen LogP) is 2.06. The maximum absolute atomic E-state index is 11.6. The van der Waals surface area contributed by atoms with E-state index in [-0.39, 0.29) is 16.9 Å². The van der Waals surface area contributed by atoms with E-state index in [1.807, 2.05) is 0 Å². The van der Waals surface area contributed by atoms with Crippen molar-refractivity contribution in [3.8, 4) is 11.4 Å². The van der Waals surface area contributed by atoms with Crippen LogP contribution in [0.1, 0.15) is 5.69 Å². The van der Waals surface area contributed by atoms with Crippen molar-refractivity contribution in [2.45, 2.75) is 6.92 Å². The SMILES string of the molecule is COc1c(C)n(-c2ccc([N+](=O)[O-])cc2)ccc1=O. The molecule has 6 heteroatoms. The molecule has 0 aliphatic carbocycles. The minimum absolute atomic E-state index is 0.0226. The molecule has 2 rings (SSSR count). The van der Waals surface area contributed by atoms with Crippen LogP contribution in [0.4, 0.5) is 5.69 Å². The van der Waals surface area contributed by atoms with Gasteiger partial charge in [-0.2, -0.15) is 0 Å². The first-order valence-corrected chi connectivity index (χ1v) is 5.55. The largest absolute Gasteiger partial charge is 0.491 e. The van der Waals surface area contributed by atoms with Crippen molar-refractivity contribution in [2.24, 2.45) is 0 Å². The second kappa shape index (κ2) is 4.93. The quantitative estimate of drug-likeness (QED) is 0.625. The van der Waals surface area contributed by atoms with Crippen molar-refractivity contribution in [1.82, 2.24) is 4.57 Å². The number of non-ortho nitro benzene ring substituents is 1. The molecular formula is C13H12N2O4. The van der Waals surface area contributed by atoms with Crippen molar-refractivity contribution >= 4 is 5.69 Å². The Kier molecular flexibility index (Phi) is 3.33. The number of nitro groups is 1. The maximum atomic E-state index is 11.6. The fourth-order valence-corrected chi connectivity index (χ4v) is 1.88. The van der Waals surface area contributed by atoms with Crippen molar-refractivity contribution < 1.29 is 9.66 Å². The molecule has 1 aromatic carbocycles. The van der Waals surface area contributed by atoms with Crippen LogP contribution >= 0.6 is 0 Å². The zero-order chi connectivity index (χ0) is 14.0. The number of nitrogens with zero attached hydrogens (tertiary/aromatic N) is 2. The highest BCUT2D eigenvalue weighted by molar-refractivity contribution is 5.44. The van der Waals surface area contributed by atoms with Crippen LogP contribution in [-0.4, -0.2) is 16.6 Å². The van der Waals surface area contributed by atoms with E-state index in [1.54, 1.807) is 29.8 Å². The molecule has 0 spiro atoms. The summed E-state index contributed by atoms with van der Waals surface area (Å²) in [6.07, 6.45) is 1.61. The van der Waals surface area contributed by atoms with Gasteiger partial charge in [-0.05, 0) is 19.1 Å². The molecule has 0 N–H and O–H groups in total. The van der Waals surface area contributed by atoms with Gasteiger partial charge < -0.3 is 9.30 Å². The van der Waals surface area contributed by atoms with Crippen LogP contribution in [0.3, 0.4) is 0 Å². The summed E-state index contributed by atoms with van der Waals surface area (Å²) in [7, 11) is 1.43. The first-order valence-electron chi connectivity index (χ1n) is 5.55. The van der Waals surface area contributed by atoms with E-state index in [2.05, 4.69) is 0 Å². The normalized spacial score (nSPS) is 10.2. The van der Waals surface area contributed by atoms with Crippen LogP contribution in [0, 0.1) is 17.0 Å². The molecule has 0 aliphatic rings. The number of rotatable bonds is 3. The van der Waals surface area contributed by atoms with Gasteiger partial charge >= 0.3 is 0 Å². The van der Waals surface area contributed by atoms with Crippen molar-refractivity contribution in [1.29, 1.82) is 0 Å². The number of hydrogen-bond acceptors (Lipinski definition) is 4. The third-order valence-electron chi connectivity index (χ3n) is 2.83. The minimum atomic E-state index is -0.456. The standard InChI is InChI=1S/C13H12N2O4/c1-9-13(19-2)12(16)7-8-14(9)10-3-5-11(6-4-10)15(17)18/h3-8H,1-2H3. The van der Waals surface area contributed by atoms with Gasteiger partial charge in [0.1, 0.15) is 0 Å². The molecule has 0 fully saturated rings.